The van der Waals surface area contributed by atoms with Crippen molar-refractivity contribution in [3.8, 4) is 0 Å². The summed E-state index contributed by atoms with van der Waals surface area (Å²) in [6, 6.07) is 7.01. The third-order valence-corrected chi connectivity index (χ3v) is 4.01. The van der Waals surface area contributed by atoms with Crippen molar-refractivity contribution < 1.29 is 14.3 Å². The maximum Gasteiger partial charge on any atom is 0.355 e. The first-order valence-electron chi connectivity index (χ1n) is 7.59. The van der Waals surface area contributed by atoms with Crippen LogP contribution in [0.2, 0.25) is 0 Å². The Labute approximate surface area is 144 Å². The lowest BCUT2D eigenvalue weighted by Gasteiger charge is -2.27. The molecule has 0 unspecified atom stereocenters. The first-order chi connectivity index (χ1) is 11.9. The fourth-order valence-electron chi connectivity index (χ4n) is 2.78. The number of carbonyl (C=O) groups excluding carboxylic acids is 2. The van der Waals surface area contributed by atoms with Crippen LogP contribution in [0.25, 0.3) is 0 Å². The number of tetrazole rings is 1. The summed E-state index contributed by atoms with van der Waals surface area (Å²) in [5, 5.41) is 14.3. The molecule has 0 spiro atoms. The predicted molar refractivity (Wildman–Crippen MR) is 90.1 cm³/mol. The molecule has 0 bridgehead atoms. The van der Waals surface area contributed by atoms with E-state index in [-0.39, 0.29) is 23.0 Å². The van der Waals surface area contributed by atoms with Gasteiger partial charge in [0.1, 0.15) is 11.7 Å². The Kier molecular flexibility index (Phi) is 4.22. The number of hydrogen-bond donors (Lipinski definition) is 1. The van der Waals surface area contributed by atoms with Crippen molar-refractivity contribution >= 4 is 23.4 Å². The normalized spacial score (nSPS) is 16.1. The summed E-state index contributed by atoms with van der Waals surface area (Å²) in [4.78, 5) is 26.4. The fraction of sp³-hybridized carbons (Fsp3) is 0.312. The number of fused-ring (bicyclic) bond motifs is 1. The lowest BCUT2D eigenvalue weighted by atomic mass is 9.92. The number of carbonyl (C=O) groups is 2. The zero-order chi connectivity index (χ0) is 18.1. The number of ether oxygens (including phenoxy) is 1. The van der Waals surface area contributed by atoms with Crippen molar-refractivity contribution in [3.05, 3.63) is 41.1 Å². The highest BCUT2D eigenvalue weighted by atomic mass is 16.5. The van der Waals surface area contributed by atoms with Crippen LogP contribution in [0.15, 0.2) is 35.5 Å². The Morgan fingerprint density at radius 3 is 2.48 bits per heavy atom. The van der Waals surface area contributed by atoms with Crippen LogP contribution in [0.4, 0.5) is 11.6 Å². The van der Waals surface area contributed by atoms with Crippen LogP contribution in [0, 0.1) is 0 Å². The van der Waals surface area contributed by atoms with Crippen molar-refractivity contribution in [2.75, 3.05) is 31.4 Å². The topological polar surface area (TPSA) is 102 Å². The van der Waals surface area contributed by atoms with Crippen LogP contribution in [0.3, 0.4) is 0 Å². The van der Waals surface area contributed by atoms with Gasteiger partial charge in [0.25, 0.3) is 0 Å². The maximum atomic E-state index is 12.3. The van der Waals surface area contributed by atoms with Gasteiger partial charge in [-0.3, -0.25) is 4.79 Å². The average Bonchev–Trinajstić information content (AvgIpc) is 3.07. The van der Waals surface area contributed by atoms with E-state index in [0.29, 0.717) is 0 Å². The zero-order valence-corrected chi connectivity index (χ0v) is 14.3. The molecule has 0 saturated heterocycles. The first-order valence-corrected chi connectivity index (χ1v) is 7.59. The number of Topliss-reactive ketones (excluding diaryl/α,β-unsaturated/α-hetero) is 1. The Bertz CT molecular complexity index is 853. The van der Waals surface area contributed by atoms with Gasteiger partial charge in [0, 0.05) is 19.8 Å². The number of nitrogens with one attached hydrogen (secondary N) is 1. The second kappa shape index (κ2) is 6.34. The summed E-state index contributed by atoms with van der Waals surface area (Å²) in [7, 11) is 5.14. The lowest BCUT2D eigenvalue weighted by molar-refractivity contribution is -0.136. The van der Waals surface area contributed by atoms with Gasteiger partial charge in [-0.05, 0) is 35.0 Å². The van der Waals surface area contributed by atoms with Gasteiger partial charge in [-0.1, -0.05) is 17.2 Å². The molecule has 1 atom stereocenters. The average molecular weight is 342 g/mol. The standard InChI is InChI=1S/C16H18N6O3/c1-9(23)12-13(15(24)25-4)17-16-18-19-20-22(16)14(12)10-5-7-11(8-6-10)21(2)3/h5-8,14H,1-4H3,(H,17,18,20)/t14-/m1/s1. The van der Waals surface area contributed by atoms with Gasteiger partial charge >= 0.3 is 5.97 Å². The smallest absolute Gasteiger partial charge is 0.355 e. The number of rotatable bonds is 4. The summed E-state index contributed by atoms with van der Waals surface area (Å²) < 4.78 is 6.28. The van der Waals surface area contributed by atoms with Gasteiger partial charge in [-0.2, -0.15) is 4.68 Å². The predicted octanol–water partition coefficient (Wildman–Crippen LogP) is 0.770. The fourth-order valence-corrected chi connectivity index (χ4v) is 2.78. The molecule has 3 rings (SSSR count). The first kappa shape index (κ1) is 16.6. The Morgan fingerprint density at radius 2 is 1.92 bits per heavy atom. The molecule has 25 heavy (non-hydrogen) atoms. The summed E-state index contributed by atoms with van der Waals surface area (Å²) in [5.41, 5.74) is 2.10. The van der Waals surface area contributed by atoms with E-state index < -0.39 is 12.0 Å². The summed E-state index contributed by atoms with van der Waals surface area (Å²) >= 11 is 0. The van der Waals surface area contributed by atoms with E-state index in [1.165, 1.54) is 18.7 Å². The molecule has 9 nitrogen and oxygen atoms in total. The van der Waals surface area contributed by atoms with Gasteiger partial charge in [0.2, 0.25) is 5.95 Å². The monoisotopic (exact) mass is 342 g/mol. The highest BCUT2D eigenvalue weighted by Gasteiger charge is 2.36. The minimum Gasteiger partial charge on any atom is -0.464 e. The molecule has 1 aromatic carbocycles. The molecule has 1 aliphatic rings. The molecule has 0 aliphatic carbocycles. The second-order valence-corrected chi connectivity index (χ2v) is 5.80. The van der Waals surface area contributed by atoms with E-state index >= 15 is 0 Å². The molecule has 1 aromatic heterocycles. The van der Waals surface area contributed by atoms with E-state index in [4.69, 9.17) is 4.74 Å². The molecule has 2 heterocycles. The van der Waals surface area contributed by atoms with Gasteiger partial charge in [0.05, 0.1) is 12.7 Å². The van der Waals surface area contributed by atoms with Crippen LogP contribution in [0.1, 0.15) is 18.5 Å². The van der Waals surface area contributed by atoms with Crippen molar-refractivity contribution in [2.24, 2.45) is 0 Å². The number of ketones is 1. The van der Waals surface area contributed by atoms with Gasteiger partial charge in [0.15, 0.2) is 5.78 Å². The second-order valence-electron chi connectivity index (χ2n) is 5.80. The Balaban J connectivity index is 2.18. The van der Waals surface area contributed by atoms with Crippen LogP contribution in [-0.4, -0.2) is 53.2 Å². The summed E-state index contributed by atoms with van der Waals surface area (Å²) in [6.45, 7) is 1.40. The quantitative estimate of drug-likeness (QED) is 0.813. The van der Waals surface area contributed by atoms with E-state index in [9.17, 15) is 9.59 Å². The molecular formula is C16H18N6O3. The number of methoxy groups -OCH3 is 1. The highest BCUT2D eigenvalue weighted by Crippen LogP contribution is 2.35. The molecule has 130 valence electrons. The molecule has 0 saturated carbocycles. The molecular weight excluding hydrogens is 324 g/mol. The summed E-state index contributed by atoms with van der Waals surface area (Å²) in [5.74, 6) is -0.641. The van der Waals surface area contributed by atoms with E-state index in [0.717, 1.165) is 11.3 Å². The van der Waals surface area contributed by atoms with E-state index in [1.54, 1.807) is 0 Å². The zero-order valence-electron chi connectivity index (χ0n) is 14.3. The SMILES string of the molecule is COC(=O)C1=C(C(C)=O)[C@@H](c2ccc(N(C)C)cc2)n2nnnc2N1. The molecule has 0 amide bonds. The number of nitrogens with zero attached hydrogens (tertiary/aromatic N) is 5. The molecule has 1 N–H and O–H groups in total. The third kappa shape index (κ3) is 2.84. The van der Waals surface area contributed by atoms with Crippen molar-refractivity contribution in [1.82, 2.24) is 20.2 Å². The van der Waals surface area contributed by atoms with E-state index in [1.807, 2.05) is 43.3 Å². The van der Waals surface area contributed by atoms with Gasteiger partial charge < -0.3 is 15.0 Å². The molecule has 9 heteroatoms. The van der Waals surface area contributed by atoms with Gasteiger partial charge in [-0.15, -0.1) is 0 Å². The van der Waals surface area contributed by atoms with Crippen molar-refractivity contribution in [3.63, 3.8) is 0 Å². The van der Waals surface area contributed by atoms with Crippen LogP contribution < -0.4 is 10.2 Å². The number of anilines is 2. The Morgan fingerprint density at radius 1 is 1.24 bits per heavy atom. The number of hydrogen-bond acceptors (Lipinski definition) is 8. The number of esters is 1. The van der Waals surface area contributed by atoms with Crippen LogP contribution >= 0.6 is 0 Å². The number of allylic oxidation sites excluding steroid dienone is 1. The Hall–Kier alpha value is -3.23. The largest absolute Gasteiger partial charge is 0.464 e. The molecule has 0 fully saturated rings. The van der Waals surface area contributed by atoms with E-state index in [2.05, 4.69) is 20.8 Å². The third-order valence-electron chi connectivity index (χ3n) is 4.01. The maximum absolute atomic E-state index is 12.3. The number of aromatic nitrogens is 4. The molecule has 0 radical (unpaired) electrons. The van der Waals surface area contributed by atoms with Crippen molar-refractivity contribution in [1.29, 1.82) is 0 Å². The van der Waals surface area contributed by atoms with Crippen molar-refractivity contribution in [2.45, 2.75) is 13.0 Å². The van der Waals surface area contributed by atoms with Crippen LogP contribution in [0.5, 0.6) is 0 Å². The minimum atomic E-state index is -0.644. The minimum absolute atomic E-state index is 0.0546. The lowest BCUT2D eigenvalue weighted by Crippen LogP contribution is -2.32. The van der Waals surface area contributed by atoms with Gasteiger partial charge in [-0.25, -0.2) is 4.79 Å². The highest BCUT2D eigenvalue weighted by molar-refractivity contribution is 6.06. The molecule has 2 aromatic rings. The summed E-state index contributed by atoms with van der Waals surface area (Å²) in [6.07, 6.45) is 0. The number of benzene rings is 1. The van der Waals surface area contributed by atoms with Crippen LogP contribution in [-0.2, 0) is 14.3 Å². The molecule has 1 aliphatic heterocycles.